The quantitative estimate of drug-likeness (QED) is 0.537. The number of fused-ring (bicyclic) bond motifs is 1. The molecule has 2 aromatic carbocycles. The van der Waals surface area contributed by atoms with Gasteiger partial charge in [-0.3, -0.25) is 9.69 Å². The highest BCUT2D eigenvalue weighted by Gasteiger charge is 2.26. The van der Waals surface area contributed by atoms with E-state index < -0.39 is 9.84 Å². The Labute approximate surface area is 185 Å². The average Bonchev–Trinajstić information content (AvgIpc) is 3.40. The predicted molar refractivity (Wildman–Crippen MR) is 121 cm³/mol. The van der Waals surface area contributed by atoms with Gasteiger partial charge in [-0.1, -0.05) is 23.5 Å². The van der Waals surface area contributed by atoms with Crippen LogP contribution in [0.1, 0.15) is 18.4 Å². The number of hydrogen-bond donors (Lipinski definition) is 0. The van der Waals surface area contributed by atoms with Crippen molar-refractivity contribution in [3.63, 3.8) is 0 Å². The molecule has 1 saturated heterocycles. The largest absolute Gasteiger partial charge is 0.497 e. The maximum atomic E-state index is 13.3. The zero-order valence-corrected chi connectivity index (χ0v) is 19.0. The van der Waals surface area contributed by atoms with Crippen LogP contribution in [0.3, 0.4) is 0 Å². The SMILES string of the molecule is COc1ccc2sc(N(CC3CCCO3)C(=O)Cc3ccc(S(C)(=O)=O)cc3)nc2c1. The van der Waals surface area contributed by atoms with Crippen molar-refractivity contribution < 1.29 is 22.7 Å². The Bertz CT molecular complexity index is 1180. The van der Waals surface area contributed by atoms with Crippen molar-refractivity contribution in [1.82, 2.24) is 4.98 Å². The van der Waals surface area contributed by atoms with Crippen molar-refractivity contribution >= 4 is 42.4 Å². The van der Waals surface area contributed by atoms with Crippen LogP contribution in [0.2, 0.25) is 0 Å². The second-order valence-corrected chi connectivity index (χ2v) is 10.6. The number of amides is 1. The van der Waals surface area contributed by atoms with Gasteiger partial charge in [0.05, 0.1) is 41.3 Å². The van der Waals surface area contributed by atoms with Gasteiger partial charge in [0.1, 0.15) is 5.75 Å². The lowest BCUT2D eigenvalue weighted by Crippen LogP contribution is -2.38. The molecular formula is C22H24N2O5S2. The molecule has 0 spiro atoms. The topological polar surface area (TPSA) is 85.8 Å². The van der Waals surface area contributed by atoms with Gasteiger partial charge in [0.2, 0.25) is 5.91 Å². The molecule has 0 bridgehead atoms. The summed E-state index contributed by atoms with van der Waals surface area (Å²) in [5.74, 6) is 0.612. The Kier molecular flexibility index (Phi) is 6.27. The summed E-state index contributed by atoms with van der Waals surface area (Å²) in [4.78, 5) is 19.9. The van der Waals surface area contributed by atoms with Crippen molar-refractivity contribution in [3.05, 3.63) is 48.0 Å². The first-order chi connectivity index (χ1) is 14.8. The Morgan fingerprint density at radius 2 is 2.03 bits per heavy atom. The summed E-state index contributed by atoms with van der Waals surface area (Å²) in [6.07, 6.45) is 3.19. The second kappa shape index (κ2) is 8.94. The zero-order chi connectivity index (χ0) is 22.0. The van der Waals surface area contributed by atoms with E-state index in [0.29, 0.717) is 24.0 Å². The van der Waals surface area contributed by atoms with Gasteiger partial charge < -0.3 is 9.47 Å². The maximum absolute atomic E-state index is 13.3. The van der Waals surface area contributed by atoms with Crippen LogP contribution in [-0.2, 0) is 25.8 Å². The minimum Gasteiger partial charge on any atom is -0.497 e. The third-order valence-electron chi connectivity index (χ3n) is 5.23. The number of methoxy groups -OCH3 is 1. The molecule has 0 aliphatic carbocycles. The number of benzene rings is 2. The standard InChI is InChI=1S/C22H24N2O5S2/c1-28-16-7-10-20-19(13-16)23-22(30-20)24(14-17-4-3-11-29-17)21(25)12-15-5-8-18(9-6-15)31(2,26)27/h5-10,13,17H,3-4,11-12,14H2,1-2H3. The van der Waals surface area contributed by atoms with Crippen molar-refractivity contribution in [2.45, 2.75) is 30.3 Å². The van der Waals surface area contributed by atoms with E-state index in [1.165, 1.54) is 29.7 Å². The third kappa shape index (κ3) is 5.06. The molecule has 0 N–H and O–H groups in total. The van der Waals surface area contributed by atoms with Crippen LogP contribution in [0.5, 0.6) is 5.75 Å². The van der Waals surface area contributed by atoms with Crippen LogP contribution in [0, 0.1) is 0 Å². The minimum atomic E-state index is -3.27. The summed E-state index contributed by atoms with van der Waals surface area (Å²) in [5.41, 5.74) is 1.53. The fourth-order valence-corrected chi connectivity index (χ4v) is 5.14. The van der Waals surface area contributed by atoms with Crippen LogP contribution < -0.4 is 9.64 Å². The van der Waals surface area contributed by atoms with Gasteiger partial charge in [-0.15, -0.1) is 0 Å². The van der Waals surface area contributed by atoms with Crippen LogP contribution in [0.4, 0.5) is 5.13 Å². The summed E-state index contributed by atoms with van der Waals surface area (Å²) in [6, 6.07) is 12.1. The number of hydrogen-bond acceptors (Lipinski definition) is 7. The van der Waals surface area contributed by atoms with Crippen molar-refractivity contribution in [3.8, 4) is 5.75 Å². The molecule has 1 aromatic heterocycles. The lowest BCUT2D eigenvalue weighted by atomic mass is 10.1. The summed E-state index contributed by atoms with van der Waals surface area (Å²) >= 11 is 1.46. The highest BCUT2D eigenvalue weighted by Crippen LogP contribution is 2.32. The monoisotopic (exact) mass is 460 g/mol. The number of anilines is 1. The van der Waals surface area contributed by atoms with E-state index in [2.05, 4.69) is 4.98 Å². The van der Waals surface area contributed by atoms with Gasteiger partial charge in [0.25, 0.3) is 0 Å². The molecular weight excluding hydrogens is 436 g/mol. The molecule has 1 aliphatic heterocycles. The molecule has 31 heavy (non-hydrogen) atoms. The molecule has 9 heteroatoms. The summed E-state index contributed by atoms with van der Waals surface area (Å²) in [7, 11) is -1.67. The molecule has 1 amide bonds. The highest BCUT2D eigenvalue weighted by atomic mass is 32.2. The third-order valence-corrected chi connectivity index (χ3v) is 7.42. The minimum absolute atomic E-state index is 0.0156. The Hall–Kier alpha value is -2.49. The number of rotatable bonds is 7. The molecule has 1 fully saturated rings. The predicted octanol–water partition coefficient (Wildman–Crippen LogP) is 3.46. The van der Waals surface area contributed by atoms with Gasteiger partial charge >= 0.3 is 0 Å². The molecule has 0 radical (unpaired) electrons. The van der Waals surface area contributed by atoms with E-state index in [-0.39, 0.29) is 23.3 Å². The smallest absolute Gasteiger partial charge is 0.233 e. The molecule has 1 atom stereocenters. The number of thiazole rings is 1. The first-order valence-corrected chi connectivity index (χ1v) is 12.7. The van der Waals surface area contributed by atoms with E-state index in [0.717, 1.165) is 28.6 Å². The van der Waals surface area contributed by atoms with Crippen molar-refractivity contribution in [1.29, 1.82) is 0 Å². The molecule has 7 nitrogen and oxygen atoms in total. The number of carbonyl (C=O) groups is 1. The average molecular weight is 461 g/mol. The molecule has 1 aliphatic rings. The van der Waals surface area contributed by atoms with Crippen LogP contribution >= 0.6 is 11.3 Å². The normalized spacial score (nSPS) is 16.5. The molecule has 2 heterocycles. The second-order valence-electron chi connectivity index (χ2n) is 7.56. The van der Waals surface area contributed by atoms with E-state index in [9.17, 15) is 13.2 Å². The van der Waals surface area contributed by atoms with E-state index >= 15 is 0 Å². The van der Waals surface area contributed by atoms with E-state index in [1.807, 2.05) is 18.2 Å². The zero-order valence-electron chi connectivity index (χ0n) is 17.4. The van der Waals surface area contributed by atoms with Crippen LogP contribution in [0.25, 0.3) is 10.2 Å². The van der Waals surface area contributed by atoms with Crippen LogP contribution in [0.15, 0.2) is 47.4 Å². The Morgan fingerprint density at radius 3 is 2.68 bits per heavy atom. The summed E-state index contributed by atoms with van der Waals surface area (Å²) < 4.78 is 35.4. The Morgan fingerprint density at radius 1 is 1.26 bits per heavy atom. The molecule has 164 valence electrons. The van der Waals surface area contributed by atoms with Crippen molar-refractivity contribution in [2.24, 2.45) is 0 Å². The molecule has 3 aromatic rings. The van der Waals surface area contributed by atoms with Gasteiger partial charge in [-0.25, -0.2) is 13.4 Å². The first-order valence-electron chi connectivity index (χ1n) is 9.99. The highest BCUT2D eigenvalue weighted by molar-refractivity contribution is 7.90. The van der Waals surface area contributed by atoms with Gasteiger partial charge in [0.15, 0.2) is 15.0 Å². The number of aromatic nitrogens is 1. The molecule has 1 unspecified atom stereocenters. The van der Waals surface area contributed by atoms with Gasteiger partial charge in [-0.2, -0.15) is 0 Å². The number of sulfone groups is 1. The van der Waals surface area contributed by atoms with Gasteiger partial charge in [-0.05, 0) is 42.7 Å². The molecule has 0 saturated carbocycles. The number of ether oxygens (including phenoxy) is 2. The van der Waals surface area contributed by atoms with E-state index in [4.69, 9.17) is 9.47 Å². The van der Waals surface area contributed by atoms with Gasteiger partial charge in [0, 0.05) is 18.9 Å². The fourth-order valence-electron chi connectivity index (χ4n) is 3.54. The maximum Gasteiger partial charge on any atom is 0.233 e. The van der Waals surface area contributed by atoms with E-state index in [1.54, 1.807) is 24.1 Å². The fraction of sp³-hybridized carbons (Fsp3) is 0.364. The molecule has 4 rings (SSSR count). The first kappa shape index (κ1) is 21.7. The van der Waals surface area contributed by atoms with Crippen LogP contribution in [-0.4, -0.2) is 51.9 Å². The van der Waals surface area contributed by atoms with Crippen molar-refractivity contribution in [2.75, 3.05) is 31.4 Å². The lowest BCUT2D eigenvalue weighted by Gasteiger charge is -2.23. The lowest BCUT2D eigenvalue weighted by molar-refractivity contribution is -0.118. The summed E-state index contributed by atoms with van der Waals surface area (Å²) in [5, 5.41) is 0.622. The Balaban J connectivity index is 1.60. The number of carbonyl (C=O) groups excluding carboxylic acids is 1. The summed E-state index contributed by atoms with van der Waals surface area (Å²) in [6.45, 7) is 1.15. The number of nitrogens with zero attached hydrogens (tertiary/aromatic N) is 2.